The molecule has 0 aliphatic heterocycles. The number of hydrogen-bond acceptors (Lipinski definition) is 4. The Kier molecular flexibility index (Phi) is 7.47. The summed E-state index contributed by atoms with van der Waals surface area (Å²) in [7, 11) is 3.24. The van der Waals surface area contributed by atoms with Gasteiger partial charge in [0.25, 0.3) is 0 Å². The minimum absolute atomic E-state index is 0.361. The Morgan fingerprint density at radius 2 is 1.85 bits per heavy atom. The number of rotatable bonds is 9. The van der Waals surface area contributed by atoms with Gasteiger partial charge in [0.2, 0.25) is 5.75 Å². The molecule has 0 fully saturated rings. The molecule has 1 aromatic carbocycles. The third-order valence-corrected chi connectivity index (χ3v) is 2.88. The van der Waals surface area contributed by atoms with Crippen LogP contribution in [0.1, 0.15) is 18.9 Å². The van der Waals surface area contributed by atoms with E-state index in [9.17, 15) is 0 Å². The van der Waals surface area contributed by atoms with Crippen LogP contribution >= 0.6 is 15.9 Å². The van der Waals surface area contributed by atoms with Gasteiger partial charge in [-0.05, 0) is 30.7 Å². The Morgan fingerprint density at radius 1 is 1.25 bits per heavy atom. The summed E-state index contributed by atoms with van der Waals surface area (Å²) >= 11 is 3.27. The van der Waals surface area contributed by atoms with E-state index in [1.165, 1.54) is 0 Å². The molecule has 0 amide bonds. The van der Waals surface area contributed by atoms with E-state index in [1.54, 1.807) is 14.2 Å². The van der Waals surface area contributed by atoms with Crippen molar-refractivity contribution in [2.45, 2.75) is 19.9 Å². The predicted octanol–water partition coefficient (Wildman–Crippen LogP) is 3.49. The van der Waals surface area contributed by atoms with Crippen LogP contribution in [0.3, 0.4) is 0 Å². The van der Waals surface area contributed by atoms with Crippen molar-refractivity contribution in [3.63, 3.8) is 0 Å². The molecule has 1 rings (SSSR count). The monoisotopic (exact) mass is 343 g/mol. The van der Waals surface area contributed by atoms with Gasteiger partial charge < -0.3 is 19.5 Å². The van der Waals surface area contributed by atoms with Crippen LogP contribution in [0.25, 0.3) is 0 Å². The minimum atomic E-state index is 0.361. The lowest BCUT2D eigenvalue weighted by Gasteiger charge is -2.16. The fourth-order valence-electron chi connectivity index (χ4n) is 1.74. The zero-order valence-electron chi connectivity index (χ0n) is 12.3. The predicted molar refractivity (Wildman–Crippen MR) is 85.1 cm³/mol. The van der Waals surface area contributed by atoms with E-state index < -0.39 is 0 Å². The van der Waals surface area contributed by atoms with Crippen LogP contribution in [0.2, 0.25) is 0 Å². The Bertz CT molecular complexity index is 424. The number of nitrogens with one attached hydrogen (secondary N) is 1. The summed E-state index contributed by atoms with van der Waals surface area (Å²) < 4.78 is 17.2. The number of hydrogen-bond donors (Lipinski definition) is 1. The lowest BCUT2D eigenvalue weighted by Crippen LogP contribution is -2.14. The second-order valence-corrected chi connectivity index (χ2v) is 5.43. The van der Waals surface area contributed by atoms with Crippen molar-refractivity contribution in [1.29, 1.82) is 0 Å². The van der Waals surface area contributed by atoms with Crippen LogP contribution < -0.4 is 19.5 Å². The molecular formula is C15H22BrNO3. The molecule has 0 saturated carbocycles. The summed E-state index contributed by atoms with van der Waals surface area (Å²) in [6.45, 7) is 8.00. The van der Waals surface area contributed by atoms with Crippen molar-refractivity contribution in [2.24, 2.45) is 0 Å². The van der Waals surface area contributed by atoms with E-state index in [0.29, 0.717) is 23.9 Å². The van der Waals surface area contributed by atoms with E-state index in [2.05, 4.69) is 34.7 Å². The number of ether oxygens (including phenoxy) is 3. The van der Waals surface area contributed by atoms with Crippen LogP contribution in [0.5, 0.6) is 17.2 Å². The Balaban J connectivity index is 2.95. The molecule has 112 valence electrons. The van der Waals surface area contributed by atoms with Gasteiger partial charge >= 0.3 is 0 Å². The minimum Gasteiger partial charge on any atom is -0.493 e. The largest absolute Gasteiger partial charge is 0.493 e. The maximum atomic E-state index is 5.68. The zero-order valence-corrected chi connectivity index (χ0v) is 13.9. The summed E-state index contributed by atoms with van der Waals surface area (Å²) in [4.78, 5) is 0. The maximum absolute atomic E-state index is 5.68. The lowest BCUT2D eigenvalue weighted by atomic mass is 10.1. The second kappa shape index (κ2) is 8.87. The molecule has 0 aromatic heterocycles. The smallest absolute Gasteiger partial charge is 0.203 e. The molecule has 0 radical (unpaired) electrons. The molecule has 20 heavy (non-hydrogen) atoms. The molecule has 1 N–H and O–H groups in total. The molecule has 0 unspecified atom stereocenters. The van der Waals surface area contributed by atoms with Gasteiger partial charge in [-0.2, -0.15) is 0 Å². The van der Waals surface area contributed by atoms with Crippen molar-refractivity contribution in [3.8, 4) is 17.2 Å². The van der Waals surface area contributed by atoms with Gasteiger partial charge in [0.1, 0.15) is 6.61 Å². The average Bonchev–Trinajstić information content (AvgIpc) is 2.44. The Hall–Kier alpha value is -1.20. The van der Waals surface area contributed by atoms with Gasteiger partial charge in [-0.15, -0.1) is 0 Å². The molecule has 0 heterocycles. The SMILES string of the molecule is C=C(Br)COc1c(OC)cc(CNCCC)cc1OC. The lowest BCUT2D eigenvalue weighted by molar-refractivity contribution is 0.299. The molecule has 0 aliphatic carbocycles. The topological polar surface area (TPSA) is 39.7 Å². The summed E-state index contributed by atoms with van der Waals surface area (Å²) in [5.74, 6) is 1.91. The highest BCUT2D eigenvalue weighted by atomic mass is 79.9. The first-order valence-corrected chi connectivity index (χ1v) is 7.33. The van der Waals surface area contributed by atoms with Gasteiger partial charge in [0, 0.05) is 11.0 Å². The third-order valence-electron chi connectivity index (χ3n) is 2.65. The fraction of sp³-hybridized carbons (Fsp3) is 0.467. The van der Waals surface area contributed by atoms with E-state index in [-0.39, 0.29) is 0 Å². The highest BCUT2D eigenvalue weighted by Crippen LogP contribution is 2.38. The molecule has 0 atom stereocenters. The van der Waals surface area contributed by atoms with E-state index in [1.807, 2.05) is 12.1 Å². The molecule has 0 spiro atoms. The number of halogens is 1. The fourth-order valence-corrected chi connectivity index (χ4v) is 1.85. The first kappa shape index (κ1) is 16.9. The molecule has 4 nitrogen and oxygen atoms in total. The summed E-state index contributed by atoms with van der Waals surface area (Å²) in [6, 6.07) is 3.91. The molecule has 0 bridgehead atoms. The molecule has 1 aromatic rings. The van der Waals surface area contributed by atoms with Crippen molar-refractivity contribution in [1.82, 2.24) is 5.32 Å². The standard InChI is InChI=1S/C15H22BrNO3/c1-5-6-17-9-12-7-13(18-3)15(14(8-12)19-4)20-10-11(2)16/h7-8,17H,2,5-6,9-10H2,1,3-4H3. The quantitative estimate of drug-likeness (QED) is 0.696. The molecule has 5 heteroatoms. The summed E-state index contributed by atoms with van der Waals surface area (Å²) in [6.07, 6.45) is 1.10. The second-order valence-electron chi connectivity index (χ2n) is 4.31. The summed E-state index contributed by atoms with van der Waals surface area (Å²) in [5.41, 5.74) is 1.09. The number of methoxy groups -OCH3 is 2. The first-order valence-electron chi connectivity index (χ1n) is 6.54. The van der Waals surface area contributed by atoms with E-state index >= 15 is 0 Å². The molecule has 0 saturated heterocycles. The van der Waals surface area contributed by atoms with E-state index in [0.717, 1.165) is 29.6 Å². The first-order chi connectivity index (χ1) is 9.62. The van der Waals surface area contributed by atoms with Crippen LogP contribution in [0.4, 0.5) is 0 Å². The summed E-state index contributed by atoms with van der Waals surface area (Å²) in [5, 5.41) is 3.35. The van der Waals surface area contributed by atoms with Crippen LogP contribution in [0, 0.1) is 0 Å². The van der Waals surface area contributed by atoms with Gasteiger partial charge in [0.05, 0.1) is 14.2 Å². The normalized spacial score (nSPS) is 10.2. The zero-order chi connectivity index (χ0) is 15.0. The average molecular weight is 344 g/mol. The van der Waals surface area contributed by atoms with Crippen LogP contribution in [-0.2, 0) is 6.54 Å². The maximum Gasteiger partial charge on any atom is 0.203 e. The van der Waals surface area contributed by atoms with Crippen molar-refractivity contribution in [3.05, 3.63) is 28.8 Å². The van der Waals surface area contributed by atoms with Gasteiger partial charge in [-0.3, -0.25) is 0 Å². The third kappa shape index (κ3) is 5.06. The van der Waals surface area contributed by atoms with Crippen LogP contribution in [0.15, 0.2) is 23.2 Å². The van der Waals surface area contributed by atoms with Crippen molar-refractivity contribution >= 4 is 15.9 Å². The van der Waals surface area contributed by atoms with E-state index in [4.69, 9.17) is 14.2 Å². The van der Waals surface area contributed by atoms with Crippen LogP contribution in [-0.4, -0.2) is 27.4 Å². The van der Waals surface area contributed by atoms with Gasteiger partial charge in [-0.25, -0.2) is 0 Å². The van der Waals surface area contributed by atoms with Gasteiger partial charge in [0.15, 0.2) is 11.5 Å². The van der Waals surface area contributed by atoms with Crippen molar-refractivity contribution < 1.29 is 14.2 Å². The van der Waals surface area contributed by atoms with Crippen molar-refractivity contribution in [2.75, 3.05) is 27.4 Å². The van der Waals surface area contributed by atoms with Gasteiger partial charge in [-0.1, -0.05) is 29.4 Å². The molecular weight excluding hydrogens is 322 g/mol. The highest BCUT2D eigenvalue weighted by Gasteiger charge is 2.14. The number of benzene rings is 1. The Morgan fingerprint density at radius 3 is 2.30 bits per heavy atom. The highest BCUT2D eigenvalue weighted by molar-refractivity contribution is 9.11. The Labute approximate surface area is 129 Å². The molecule has 0 aliphatic rings.